The lowest BCUT2D eigenvalue weighted by Crippen LogP contribution is -2.37. The molecule has 3 heterocycles. The van der Waals surface area contributed by atoms with E-state index in [-0.39, 0.29) is 5.56 Å². The third-order valence-electron chi connectivity index (χ3n) is 3.87. The third-order valence-corrected chi connectivity index (χ3v) is 4.94. The molecule has 1 aliphatic heterocycles. The smallest absolute Gasteiger partial charge is 0.261 e. The van der Waals surface area contributed by atoms with Crippen LogP contribution in [0.4, 0.5) is 5.82 Å². The summed E-state index contributed by atoms with van der Waals surface area (Å²) in [6, 6.07) is 9.06. The number of ether oxygens (including phenoxy) is 1. The second-order valence-electron chi connectivity index (χ2n) is 5.30. The van der Waals surface area contributed by atoms with Crippen molar-refractivity contribution in [3.63, 3.8) is 0 Å². The van der Waals surface area contributed by atoms with Gasteiger partial charge in [-0.15, -0.1) is 11.3 Å². The highest BCUT2D eigenvalue weighted by atomic mass is 35.5. The Kier molecular flexibility index (Phi) is 3.80. The van der Waals surface area contributed by atoms with Crippen molar-refractivity contribution in [3.05, 3.63) is 51.1 Å². The van der Waals surface area contributed by atoms with Crippen molar-refractivity contribution in [1.29, 1.82) is 0 Å². The van der Waals surface area contributed by atoms with E-state index >= 15 is 0 Å². The van der Waals surface area contributed by atoms with Crippen molar-refractivity contribution in [1.82, 2.24) is 9.38 Å². The number of fused-ring (bicyclic) bond motifs is 1. The van der Waals surface area contributed by atoms with Crippen LogP contribution in [0.3, 0.4) is 0 Å². The van der Waals surface area contributed by atoms with Crippen molar-refractivity contribution in [2.45, 2.75) is 0 Å². The zero-order valence-electron chi connectivity index (χ0n) is 12.2. The number of nitrogens with zero attached hydrogens (tertiary/aromatic N) is 3. The molecule has 0 atom stereocenters. The van der Waals surface area contributed by atoms with Crippen LogP contribution in [0.5, 0.6) is 0 Å². The maximum absolute atomic E-state index is 12.6. The fourth-order valence-electron chi connectivity index (χ4n) is 2.68. The van der Waals surface area contributed by atoms with Crippen LogP contribution in [0, 0.1) is 0 Å². The second kappa shape index (κ2) is 5.96. The Bertz CT molecular complexity index is 898. The number of hydrogen-bond donors (Lipinski definition) is 0. The lowest BCUT2D eigenvalue weighted by Gasteiger charge is -2.27. The van der Waals surface area contributed by atoms with E-state index in [1.54, 1.807) is 10.5 Å². The first-order valence-electron chi connectivity index (χ1n) is 7.32. The van der Waals surface area contributed by atoms with E-state index in [9.17, 15) is 4.79 Å². The summed E-state index contributed by atoms with van der Waals surface area (Å²) in [7, 11) is 0. The van der Waals surface area contributed by atoms with Gasteiger partial charge in [-0.3, -0.25) is 9.20 Å². The zero-order valence-corrected chi connectivity index (χ0v) is 13.8. The molecule has 0 radical (unpaired) electrons. The van der Waals surface area contributed by atoms with Crippen LogP contribution in [0.2, 0.25) is 5.02 Å². The monoisotopic (exact) mass is 347 g/mol. The van der Waals surface area contributed by atoms with Gasteiger partial charge in [0, 0.05) is 29.6 Å². The minimum Gasteiger partial charge on any atom is -0.378 e. The highest BCUT2D eigenvalue weighted by molar-refractivity contribution is 7.15. The second-order valence-corrected chi connectivity index (χ2v) is 6.57. The number of anilines is 1. The highest BCUT2D eigenvalue weighted by Gasteiger charge is 2.16. The van der Waals surface area contributed by atoms with E-state index in [0.29, 0.717) is 23.2 Å². The molecule has 4 rings (SSSR count). The summed E-state index contributed by atoms with van der Waals surface area (Å²) in [5.74, 6) is 0.725. The molecule has 1 aromatic carbocycles. The maximum atomic E-state index is 12.6. The molecule has 0 spiro atoms. The van der Waals surface area contributed by atoms with Crippen LogP contribution in [0.1, 0.15) is 0 Å². The minimum absolute atomic E-state index is 0.0670. The summed E-state index contributed by atoms with van der Waals surface area (Å²) in [5.41, 5.74) is 1.72. The average molecular weight is 348 g/mol. The van der Waals surface area contributed by atoms with E-state index in [4.69, 9.17) is 16.3 Å². The molecule has 0 bridgehead atoms. The minimum atomic E-state index is -0.0670. The van der Waals surface area contributed by atoms with Gasteiger partial charge in [-0.1, -0.05) is 23.7 Å². The van der Waals surface area contributed by atoms with Crippen molar-refractivity contribution < 1.29 is 4.74 Å². The van der Waals surface area contributed by atoms with Gasteiger partial charge in [0.05, 0.1) is 18.9 Å². The topological polar surface area (TPSA) is 46.8 Å². The van der Waals surface area contributed by atoms with Crippen LogP contribution in [0.15, 0.2) is 40.5 Å². The first-order valence-corrected chi connectivity index (χ1v) is 8.58. The highest BCUT2D eigenvalue weighted by Crippen LogP contribution is 2.26. The Morgan fingerprint density at radius 2 is 1.91 bits per heavy atom. The molecule has 3 aromatic rings. The summed E-state index contributed by atoms with van der Waals surface area (Å²) < 4.78 is 7.00. The number of thiazole rings is 1. The molecule has 1 fully saturated rings. The molecule has 0 amide bonds. The van der Waals surface area contributed by atoms with Gasteiger partial charge >= 0.3 is 0 Å². The normalized spacial score (nSPS) is 15.3. The van der Waals surface area contributed by atoms with Crippen LogP contribution in [-0.2, 0) is 4.74 Å². The molecule has 0 N–H and O–H groups in total. The van der Waals surface area contributed by atoms with Crippen LogP contribution >= 0.6 is 22.9 Å². The Balaban J connectivity index is 1.80. The van der Waals surface area contributed by atoms with Crippen LogP contribution in [0.25, 0.3) is 16.2 Å². The maximum Gasteiger partial charge on any atom is 0.261 e. The summed E-state index contributed by atoms with van der Waals surface area (Å²) in [6.07, 6.45) is 0. The Labute approximate surface area is 141 Å². The largest absolute Gasteiger partial charge is 0.378 e. The number of rotatable bonds is 2. The molecule has 23 heavy (non-hydrogen) atoms. The molecule has 1 aliphatic rings. The van der Waals surface area contributed by atoms with Gasteiger partial charge in [-0.05, 0) is 17.7 Å². The van der Waals surface area contributed by atoms with Gasteiger partial charge in [0.1, 0.15) is 5.82 Å². The number of hydrogen-bond acceptors (Lipinski definition) is 5. The molecule has 0 unspecified atom stereocenters. The van der Waals surface area contributed by atoms with Gasteiger partial charge < -0.3 is 9.64 Å². The molecule has 0 saturated carbocycles. The van der Waals surface area contributed by atoms with Crippen LogP contribution < -0.4 is 10.5 Å². The first-order chi connectivity index (χ1) is 11.2. The molecule has 2 aromatic heterocycles. The summed E-state index contributed by atoms with van der Waals surface area (Å²) in [4.78, 5) is 20.0. The van der Waals surface area contributed by atoms with E-state index in [0.717, 1.165) is 30.2 Å². The Morgan fingerprint density at radius 1 is 1.17 bits per heavy atom. The average Bonchev–Trinajstić information content (AvgIpc) is 3.01. The zero-order chi connectivity index (χ0) is 15.8. The van der Waals surface area contributed by atoms with Crippen molar-refractivity contribution in [2.24, 2.45) is 0 Å². The van der Waals surface area contributed by atoms with Gasteiger partial charge in [0.25, 0.3) is 5.56 Å². The van der Waals surface area contributed by atoms with Gasteiger partial charge in [0.15, 0.2) is 4.96 Å². The number of morpholine rings is 1. The van der Waals surface area contributed by atoms with Crippen molar-refractivity contribution >= 4 is 33.7 Å². The molecular formula is C16H14ClN3O2S. The van der Waals surface area contributed by atoms with Crippen LogP contribution in [-0.4, -0.2) is 35.7 Å². The number of halogens is 1. The fraction of sp³-hybridized carbons (Fsp3) is 0.250. The summed E-state index contributed by atoms with van der Waals surface area (Å²) >= 11 is 7.40. The van der Waals surface area contributed by atoms with E-state index in [2.05, 4.69) is 9.88 Å². The molecule has 118 valence electrons. The summed E-state index contributed by atoms with van der Waals surface area (Å²) in [6.45, 7) is 2.86. The number of benzene rings is 1. The van der Waals surface area contributed by atoms with E-state index in [1.165, 1.54) is 11.3 Å². The lowest BCUT2D eigenvalue weighted by molar-refractivity contribution is 0.122. The molecule has 1 saturated heterocycles. The first kappa shape index (κ1) is 14.7. The third kappa shape index (κ3) is 2.73. The predicted octanol–water partition coefficient (Wildman–Crippen LogP) is 2.91. The lowest BCUT2D eigenvalue weighted by atomic mass is 10.2. The Hall–Kier alpha value is -1.89. The Morgan fingerprint density at radius 3 is 2.65 bits per heavy atom. The van der Waals surface area contributed by atoms with Gasteiger partial charge in [-0.2, -0.15) is 0 Å². The predicted molar refractivity (Wildman–Crippen MR) is 92.8 cm³/mol. The van der Waals surface area contributed by atoms with E-state index < -0.39 is 0 Å². The standard InChI is InChI=1S/C16H14ClN3O2S/c17-12-3-1-11(2-4-12)13-10-23-16-18-14(9-15(21)20(13)16)19-5-7-22-8-6-19/h1-4,9-10H,5-8H2. The van der Waals surface area contributed by atoms with Crippen molar-refractivity contribution in [3.8, 4) is 11.3 Å². The quantitative estimate of drug-likeness (QED) is 0.715. The molecular weight excluding hydrogens is 334 g/mol. The van der Waals surface area contributed by atoms with Crippen molar-refractivity contribution in [2.75, 3.05) is 31.2 Å². The van der Waals surface area contributed by atoms with Gasteiger partial charge in [0.2, 0.25) is 0 Å². The number of aromatic nitrogens is 2. The SMILES string of the molecule is O=c1cc(N2CCOCC2)nc2scc(-c3ccc(Cl)cc3)n12. The summed E-state index contributed by atoms with van der Waals surface area (Å²) in [5, 5.41) is 2.63. The molecule has 5 nitrogen and oxygen atoms in total. The van der Waals surface area contributed by atoms with E-state index in [1.807, 2.05) is 29.6 Å². The molecule has 7 heteroatoms. The van der Waals surface area contributed by atoms with Gasteiger partial charge in [-0.25, -0.2) is 4.98 Å². The molecule has 0 aliphatic carbocycles. The fourth-order valence-corrected chi connectivity index (χ4v) is 3.71.